The number of aryl methyl sites for hydroxylation is 1. The van der Waals surface area contributed by atoms with E-state index >= 15 is 0 Å². The number of nitrogens with one attached hydrogen (secondary N) is 2. The molecule has 0 saturated carbocycles. The van der Waals surface area contributed by atoms with Crippen LogP contribution in [0, 0.1) is 6.92 Å². The van der Waals surface area contributed by atoms with Gasteiger partial charge in [-0.25, -0.2) is 4.98 Å². The van der Waals surface area contributed by atoms with Crippen LogP contribution in [0.4, 0.5) is 5.13 Å². The topological polar surface area (TPSA) is 52.6 Å². The van der Waals surface area contributed by atoms with Crippen LogP contribution >= 0.6 is 35.3 Å². The van der Waals surface area contributed by atoms with E-state index in [1.54, 1.807) is 18.4 Å². The summed E-state index contributed by atoms with van der Waals surface area (Å²) < 4.78 is 0. The van der Waals surface area contributed by atoms with Crippen LogP contribution in [0.5, 0.6) is 0 Å². The first-order valence-corrected chi connectivity index (χ1v) is 9.82. The molecule has 5 nitrogen and oxygen atoms in total. The molecular formula is C19H28IN5S. The molecule has 142 valence electrons. The van der Waals surface area contributed by atoms with E-state index in [-0.39, 0.29) is 24.0 Å². The molecule has 2 N–H and O–H groups in total. The van der Waals surface area contributed by atoms with E-state index in [4.69, 9.17) is 4.98 Å². The summed E-state index contributed by atoms with van der Waals surface area (Å²) in [7, 11) is 1.80. The third-order valence-corrected chi connectivity index (χ3v) is 5.34. The number of nitrogens with zero attached hydrogens (tertiary/aromatic N) is 3. The maximum absolute atomic E-state index is 4.76. The van der Waals surface area contributed by atoms with Gasteiger partial charge in [-0.1, -0.05) is 29.8 Å². The van der Waals surface area contributed by atoms with Gasteiger partial charge in [-0.15, -0.1) is 35.3 Å². The monoisotopic (exact) mass is 485 g/mol. The van der Waals surface area contributed by atoms with Gasteiger partial charge in [0.05, 0.1) is 5.69 Å². The highest BCUT2D eigenvalue weighted by atomic mass is 127. The minimum atomic E-state index is 0. The van der Waals surface area contributed by atoms with Crippen LogP contribution in [0.25, 0.3) is 0 Å². The number of hydrogen-bond acceptors (Lipinski definition) is 4. The fraction of sp³-hybridized carbons (Fsp3) is 0.474. The molecule has 0 unspecified atom stereocenters. The predicted octanol–water partition coefficient (Wildman–Crippen LogP) is 3.58. The third kappa shape index (κ3) is 6.12. The van der Waals surface area contributed by atoms with Gasteiger partial charge >= 0.3 is 0 Å². The fourth-order valence-electron chi connectivity index (χ4n) is 2.89. The molecule has 2 heterocycles. The molecule has 2 aromatic rings. The second kappa shape index (κ2) is 10.7. The first-order valence-electron chi connectivity index (χ1n) is 8.94. The van der Waals surface area contributed by atoms with Crippen molar-refractivity contribution >= 4 is 46.4 Å². The van der Waals surface area contributed by atoms with Gasteiger partial charge in [0.15, 0.2) is 11.1 Å². The Balaban J connectivity index is 0.00000243. The molecule has 1 aromatic heterocycles. The lowest BCUT2D eigenvalue weighted by atomic mass is 10.1. The molecule has 1 saturated heterocycles. The first kappa shape index (κ1) is 21.0. The molecule has 26 heavy (non-hydrogen) atoms. The Hall–Kier alpha value is -1.35. The number of guanidine groups is 1. The largest absolute Gasteiger partial charge is 0.356 e. The van der Waals surface area contributed by atoms with Gasteiger partial charge < -0.3 is 15.5 Å². The zero-order valence-electron chi connectivity index (χ0n) is 15.5. The average Bonchev–Trinajstić information content (AvgIpc) is 3.30. The van der Waals surface area contributed by atoms with Crippen LogP contribution in [0.15, 0.2) is 34.6 Å². The summed E-state index contributed by atoms with van der Waals surface area (Å²) in [5.41, 5.74) is 3.69. The molecule has 0 aliphatic carbocycles. The third-order valence-electron chi connectivity index (χ3n) is 4.39. The summed E-state index contributed by atoms with van der Waals surface area (Å²) in [6.07, 6.45) is 3.49. The summed E-state index contributed by atoms with van der Waals surface area (Å²) in [4.78, 5) is 11.4. The normalized spacial score (nSPS) is 14.2. The highest BCUT2D eigenvalue weighted by Gasteiger charge is 2.15. The van der Waals surface area contributed by atoms with Crippen LogP contribution in [0.3, 0.4) is 0 Å². The molecule has 7 heteroatoms. The van der Waals surface area contributed by atoms with Gasteiger partial charge in [0, 0.05) is 45.0 Å². The van der Waals surface area contributed by atoms with E-state index in [0.717, 1.165) is 44.3 Å². The zero-order chi connectivity index (χ0) is 17.5. The Kier molecular flexibility index (Phi) is 8.64. The van der Waals surface area contributed by atoms with Gasteiger partial charge in [0.1, 0.15) is 0 Å². The van der Waals surface area contributed by atoms with Crippen LogP contribution in [-0.4, -0.2) is 37.6 Å². The lowest BCUT2D eigenvalue weighted by Crippen LogP contribution is -2.37. The average molecular weight is 485 g/mol. The standard InChI is InChI=1S/C19H27N5S.HI/c1-15-5-7-16(8-6-15)13-22-18(20-2)21-10-9-17-14-25-19(23-17)24-11-3-4-12-24;/h5-8,14H,3-4,9-13H2,1-2H3,(H2,20,21,22);1H. The van der Waals surface area contributed by atoms with Crippen molar-refractivity contribution in [3.63, 3.8) is 0 Å². The Bertz CT molecular complexity index is 692. The zero-order valence-corrected chi connectivity index (χ0v) is 18.6. The van der Waals surface area contributed by atoms with E-state index in [9.17, 15) is 0 Å². The lowest BCUT2D eigenvalue weighted by Gasteiger charge is -2.12. The van der Waals surface area contributed by atoms with Crippen molar-refractivity contribution in [3.05, 3.63) is 46.5 Å². The van der Waals surface area contributed by atoms with Crippen molar-refractivity contribution in [3.8, 4) is 0 Å². The van der Waals surface area contributed by atoms with Crippen molar-refractivity contribution in [2.45, 2.75) is 32.7 Å². The van der Waals surface area contributed by atoms with E-state index in [2.05, 4.69) is 57.1 Å². The van der Waals surface area contributed by atoms with Crippen LogP contribution in [0.1, 0.15) is 29.7 Å². The van der Waals surface area contributed by atoms with Crippen molar-refractivity contribution in [1.29, 1.82) is 0 Å². The van der Waals surface area contributed by atoms with Gasteiger partial charge in [0.25, 0.3) is 0 Å². The van der Waals surface area contributed by atoms with Crippen LogP contribution in [0.2, 0.25) is 0 Å². The Morgan fingerprint density at radius 3 is 2.62 bits per heavy atom. The summed E-state index contributed by atoms with van der Waals surface area (Å²) in [6, 6.07) is 8.55. The molecule has 1 aliphatic rings. The Morgan fingerprint density at radius 1 is 1.19 bits per heavy atom. The number of aliphatic imine (C=N–C) groups is 1. The number of benzene rings is 1. The highest BCUT2D eigenvalue weighted by molar-refractivity contribution is 14.0. The van der Waals surface area contributed by atoms with Gasteiger partial charge in [-0.3, -0.25) is 4.99 Å². The van der Waals surface area contributed by atoms with Gasteiger partial charge in [-0.2, -0.15) is 0 Å². The number of rotatable bonds is 6. The minimum absolute atomic E-state index is 0. The second-order valence-corrected chi connectivity index (χ2v) is 7.24. The molecule has 1 aliphatic heterocycles. The predicted molar refractivity (Wildman–Crippen MR) is 122 cm³/mol. The smallest absolute Gasteiger partial charge is 0.191 e. The summed E-state index contributed by atoms with van der Waals surface area (Å²) >= 11 is 1.76. The molecular weight excluding hydrogens is 457 g/mol. The lowest BCUT2D eigenvalue weighted by molar-refractivity contribution is 0.785. The number of hydrogen-bond donors (Lipinski definition) is 2. The Morgan fingerprint density at radius 2 is 1.92 bits per heavy atom. The maximum atomic E-state index is 4.76. The van der Waals surface area contributed by atoms with E-state index < -0.39 is 0 Å². The fourth-order valence-corrected chi connectivity index (χ4v) is 3.80. The van der Waals surface area contributed by atoms with Gasteiger partial charge in [0.2, 0.25) is 0 Å². The van der Waals surface area contributed by atoms with Gasteiger partial charge in [-0.05, 0) is 25.3 Å². The number of halogens is 1. The quantitative estimate of drug-likeness (QED) is 0.373. The summed E-state index contributed by atoms with van der Waals surface area (Å²) in [5.74, 6) is 0.829. The van der Waals surface area contributed by atoms with Crippen molar-refractivity contribution < 1.29 is 0 Å². The summed E-state index contributed by atoms with van der Waals surface area (Å²) in [5, 5.41) is 10.1. The first-order chi connectivity index (χ1) is 12.2. The molecule has 1 fully saturated rings. The SMILES string of the molecule is CN=C(NCCc1csc(N2CCCC2)n1)NCc1ccc(C)cc1.I. The van der Waals surface area contributed by atoms with Crippen molar-refractivity contribution in [1.82, 2.24) is 15.6 Å². The van der Waals surface area contributed by atoms with Crippen LogP contribution in [-0.2, 0) is 13.0 Å². The minimum Gasteiger partial charge on any atom is -0.356 e. The molecule has 0 bridgehead atoms. The van der Waals surface area contributed by atoms with E-state index in [1.165, 1.54) is 29.1 Å². The molecule has 1 aromatic carbocycles. The molecule has 0 spiro atoms. The van der Waals surface area contributed by atoms with E-state index in [0.29, 0.717) is 0 Å². The molecule has 0 radical (unpaired) electrons. The van der Waals surface area contributed by atoms with Crippen molar-refractivity contribution in [2.24, 2.45) is 4.99 Å². The Labute approximate surface area is 177 Å². The van der Waals surface area contributed by atoms with Crippen LogP contribution < -0.4 is 15.5 Å². The molecule has 0 amide bonds. The number of aromatic nitrogens is 1. The van der Waals surface area contributed by atoms with E-state index in [1.807, 2.05) is 0 Å². The van der Waals surface area contributed by atoms with Crippen molar-refractivity contribution in [2.75, 3.05) is 31.6 Å². The highest BCUT2D eigenvalue weighted by Crippen LogP contribution is 2.24. The second-order valence-electron chi connectivity index (χ2n) is 6.40. The number of thiazole rings is 1. The maximum Gasteiger partial charge on any atom is 0.191 e. The molecule has 0 atom stereocenters. The number of anilines is 1. The molecule has 3 rings (SSSR count). The summed E-state index contributed by atoms with van der Waals surface area (Å²) in [6.45, 7) is 6.01.